The Bertz CT molecular complexity index is 378. The molecule has 0 aromatic rings. The largest absolute Gasteiger partial charge is 0.480 e. The minimum absolute atomic E-state index is 0.0624. The first-order chi connectivity index (χ1) is 9.74. The monoisotopic (exact) mass is 298 g/mol. The van der Waals surface area contributed by atoms with E-state index in [2.05, 4.69) is 5.32 Å². The van der Waals surface area contributed by atoms with Crippen LogP contribution in [0.25, 0.3) is 0 Å². The Labute approximate surface area is 128 Å². The molecule has 1 aliphatic rings. The minimum Gasteiger partial charge on any atom is -0.480 e. The SMILES string of the molecule is CCC(CC)NC(=O)C(C)N1CCCC(C)(C)C1C(=O)O. The molecular weight excluding hydrogens is 268 g/mol. The van der Waals surface area contributed by atoms with Crippen molar-refractivity contribution in [3.63, 3.8) is 0 Å². The van der Waals surface area contributed by atoms with Gasteiger partial charge in [-0.3, -0.25) is 14.5 Å². The minimum atomic E-state index is -0.832. The number of aliphatic carboxylic acids is 1. The quantitative estimate of drug-likeness (QED) is 0.789. The molecule has 21 heavy (non-hydrogen) atoms. The van der Waals surface area contributed by atoms with Gasteiger partial charge in [-0.15, -0.1) is 0 Å². The maximum Gasteiger partial charge on any atom is 0.321 e. The first kappa shape index (κ1) is 18.0. The molecule has 0 radical (unpaired) electrons. The number of amides is 1. The predicted octanol–water partition coefficient (Wildman–Crippen LogP) is 2.25. The number of rotatable bonds is 6. The number of piperidine rings is 1. The third-order valence-corrected chi connectivity index (χ3v) is 4.75. The molecule has 0 aromatic carbocycles. The van der Waals surface area contributed by atoms with Crippen LogP contribution in [0.3, 0.4) is 0 Å². The highest BCUT2D eigenvalue weighted by atomic mass is 16.4. The van der Waals surface area contributed by atoms with Gasteiger partial charge in [0.1, 0.15) is 6.04 Å². The summed E-state index contributed by atoms with van der Waals surface area (Å²) in [5, 5.41) is 12.6. The average molecular weight is 298 g/mol. The van der Waals surface area contributed by atoms with Crippen LogP contribution >= 0.6 is 0 Å². The van der Waals surface area contributed by atoms with Crippen LogP contribution in [0.1, 0.15) is 60.3 Å². The number of carbonyl (C=O) groups is 2. The number of hydrogen-bond donors (Lipinski definition) is 2. The third-order valence-electron chi connectivity index (χ3n) is 4.75. The first-order valence-electron chi connectivity index (χ1n) is 8.03. The van der Waals surface area contributed by atoms with Gasteiger partial charge in [0.2, 0.25) is 5.91 Å². The predicted molar refractivity (Wildman–Crippen MR) is 83.1 cm³/mol. The maximum absolute atomic E-state index is 12.4. The van der Waals surface area contributed by atoms with E-state index < -0.39 is 18.1 Å². The summed E-state index contributed by atoms with van der Waals surface area (Å²) in [6.07, 6.45) is 3.59. The van der Waals surface area contributed by atoms with E-state index >= 15 is 0 Å². The molecule has 1 rings (SSSR count). The number of hydrogen-bond acceptors (Lipinski definition) is 3. The lowest BCUT2D eigenvalue weighted by atomic mass is 9.76. The number of nitrogens with zero attached hydrogens (tertiary/aromatic N) is 1. The Kier molecular flexibility index (Phi) is 6.20. The molecule has 0 saturated carbocycles. The Hall–Kier alpha value is -1.10. The van der Waals surface area contributed by atoms with Gasteiger partial charge in [-0.2, -0.15) is 0 Å². The number of carboxylic acids is 1. The molecule has 0 bridgehead atoms. The highest BCUT2D eigenvalue weighted by Crippen LogP contribution is 2.36. The van der Waals surface area contributed by atoms with Gasteiger partial charge in [-0.25, -0.2) is 0 Å². The molecule has 122 valence electrons. The molecule has 2 N–H and O–H groups in total. The van der Waals surface area contributed by atoms with Gasteiger partial charge in [-0.05, 0) is 44.6 Å². The van der Waals surface area contributed by atoms with Gasteiger partial charge in [-0.1, -0.05) is 27.7 Å². The Morgan fingerprint density at radius 3 is 2.38 bits per heavy atom. The topological polar surface area (TPSA) is 69.6 Å². The zero-order chi connectivity index (χ0) is 16.2. The maximum atomic E-state index is 12.4. The third kappa shape index (κ3) is 4.19. The summed E-state index contributed by atoms with van der Waals surface area (Å²) in [5.74, 6) is -0.894. The molecule has 1 saturated heterocycles. The van der Waals surface area contributed by atoms with E-state index in [9.17, 15) is 14.7 Å². The average Bonchev–Trinajstić information content (AvgIpc) is 2.41. The second kappa shape index (κ2) is 7.25. The van der Waals surface area contributed by atoms with Gasteiger partial charge in [0, 0.05) is 6.04 Å². The van der Waals surface area contributed by atoms with Crippen LogP contribution < -0.4 is 5.32 Å². The van der Waals surface area contributed by atoms with Crippen molar-refractivity contribution in [1.82, 2.24) is 10.2 Å². The van der Waals surface area contributed by atoms with Crippen LogP contribution in [0.4, 0.5) is 0 Å². The summed E-state index contributed by atoms with van der Waals surface area (Å²) >= 11 is 0. The fourth-order valence-electron chi connectivity index (χ4n) is 3.29. The standard InChI is InChI=1S/C16H30N2O3/c1-6-12(7-2)17-14(19)11(3)18-10-8-9-16(4,5)13(18)15(20)21/h11-13H,6-10H2,1-5H3,(H,17,19)(H,20,21). The first-order valence-corrected chi connectivity index (χ1v) is 8.03. The second-order valence-corrected chi connectivity index (χ2v) is 6.77. The van der Waals surface area contributed by atoms with Crippen LogP contribution in [-0.4, -0.2) is 46.6 Å². The van der Waals surface area contributed by atoms with Crippen molar-refractivity contribution >= 4 is 11.9 Å². The summed E-state index contributed by atoms with van der Waals surface area (Å²) in [6, 6.07) is -0.846. The lowest BCUT2D eigenvalue weighted by Gasteiger charge is -2.46. The van der Waals surface area contributed by atoms with Crippen molar-refractivity contribution in [3.05, 3.63) is 0 Å². The van der Waals surface area contributed by atoms with Gasteiger partial charge in [0.15, 0.2) is 0 Å². The summed E-state index contributed by atoms with van der Waals surface area (Å²) in [7, 11) is 0. The molecule has 1 aliphatic heterocycles. The van der Waals surface area contributed by atoms with E-state index in [-0.39, 0.29) is 17.4 Å². The Morgan fingerprint density at radius 1 is 1.33 bits per heavy atom. The zero-order valence-corrected chi connectivity index (χ0v) is 14.0. The zero-order valence-electron chi connectivity index (χ0n) is 14.0. The number of likely N-dealkylation sites (tertiary alicyclic amines) is 1. The van der Waals surface area contributed by atoms with E-state index in [4.69, 9.17) is 0 Å². The molecule has 5 heteroatoms. The van der Waals surface area contributed by atoms with E-state index in [1.165, 1.54) is 0 Å². The van der Waals surface area contributed by atoms with Crippen molar-refractivity contribution in [2.24, 2.45) is 5.41 Å². The molecule has 0 aromatic heterocycles. The summed E-state index contributed by atoms with van der Waals surface area (Å²) in [6.45, 7) is 10.5. The molecular formula is C16H30N2O3. The Morgan fingerprint density at radius 2 is 1.90 bits per heavy atom. The lowest BCUT2D eigenvalue weighted by molar-refractivity contribution is -0.154. The van der Waals surface area contributed by atoms with E-state index in [1.54, 1.807) is 0 Å². The van der Waals surface area contributed by atoms with Crippen LogP contribution in [-0.2, 0) is 9.59 Å². The van der Waals surface area contributed by atoms with Crippen molar-refractivity contribution < 1.29 is 14.7 Å². The molecule has 5 nitrogen and oxygen atoms in total. The van der Waals surface area contributed by atoms with E-state index in [1.807, 2.05) is 39.5 Å². The van der Waals surface area contributed by atoms with Gasteiger partial charge in [0.25, 0.3) is 0 Å². The highest BCUT2D eigenvalue weighted by molar-refractivity contribution is 5.83. The van der Waals surface area contributed by atoms with Crippen LogP contribution in [0, 0.1) is 5.41 Å². The molecule has 2 unspecified atom stereocenters. The van der Waals surface area contributed by atoms with Gasteiger partial charge >= 0.3 is 5.97 Å². The highest BCUT2D eigenvalue weighted by Gasteiger charge is 2.45. The van der Waals surface area contributed by atoms with Crippen molar-refractivity contribution in [2.45, 2.75) is 78.4 Å². The fourth-order valence-corrected chi connectivity index (χ4v) is 3.29. The van der Waals surface area contributed by atoms with Gasteiger partial charge < -0.3 is 10.4 Å². The molecule has 0 spiro atoms. The summed E-state index contributed by atoms with van der Waals surface area (Å²) in [4.78, 5) is 25.9. The number of carbonyl (C=O) groups excluding carboxylic acids is 1. The van der Waals surface area contributed by atoms with Crippen molar-refractivity contribution in [1.29, 1.82) is 0 Å². The van der Waals surface area contributed by atoms with Crippen LogP contribution in [0.15, 0.2) is 0 Å². The Balaban J connectivity index is 2.85. The number of carboxylic acid groups (broad SMARTS) is 1. The van der Waals surface area contributed by atoms with Gasteiger partial charge in [0.05, 0.1) is 6.04 Å². The summed E-state index contributed by atoms with van der Waals surface area (Å²) in [5.41, 5.74) is -0.312. The molecule has 0 aliphatic carbocycles. The molecule has 1 amide bonds. The van der Waals surface area contributed by atoms with E-state index in [0.29, 0.717) is 6.54 Å². The molecule has 2 atom stereocenters. The molecule has 1 fully saturated rings. The number of nitrogens with one attached hydrogen (secondary N) is 1. The smallest absolute Gasteiger partial charge is 0.321 e. The van der Waals surface area contributed by atoms with E-state index in [0.717, 1.165) is 25.7 Å². The summed E-state index contributed by atoms with van der Waals surface area (Å²) < 4.78 is 0. The lowest BCUT2D eigenvalue weighted by Crippen LogP contribution is -2.60. The fraction of sp³-hybridized carbons (Fsp3) is 0.875. The van der Waals surface area contributed by atoms with Crippen LogP contribution in [0.2, 0.25) is 0 Å². The second-order valence-electron chi connectivity index (χ2n) is 6.77. The molecule has 1 heterocycles. The normalized spacial score (nSPS) is 23.8. The van der Waals surface area contributed by atoms with Crippen molar-refractivity contribution in [3.8, 4) is 0 Å². The van der Waals surface area contributed by atoms with Crippen LogP contribution in [0.5, 0.6) is 0 Å². The van der Waals surface area contributed by atoms with Crippen molar-refractivity contribution in [2.75, 3.05) is 6.54 Å².